The molecule has 1 nitrogen and oxygen atoms in total. The number of aryl methyl sites for hydroxylation is 2. The first-order valence-electron chi connectivity index (χ1n) is 5.47. The molecule has 1 saturated heterocycles. The van der Waals surface area contributed by atoms with Crippen LogP contribution in [0.15, 0.2) is 18.2 Å². The number of hydrogen-bond acceptors (Lipinski definition) is 1. The van der Waals surface area contributed by atoms with E-state index < -0.39 is 0 Å². The first-order valence-corrected chi connectivity index (χ1v) is 5.47. The van der Waals surface area contributed by atoms with Gasteiger partial charge in [0.05, 0.1) is 0 Å². The van der Waals surface area contributed by atoms with Crippen LogP contribution < -0.4 is 5.32 Å². The van der Waals surface area contributed by atoms with Gasteiger partial charge < -0.3 is 5.32 Å². The molecule has 1 fully saturated rings. The highest BCUT2D eigenvalue weighted by molar-refractivity contribution is 5.33. The van der Waals surface area contributed by atoms with E-state index >= 15 is 0 Å². The van der Waals surface area contributed by atoms with E-state index in [1.165, 1.54) is 23.1 Å². The van der Waals surface area contributed by atoms with E-state index in [1.54, 1.807) is 0 Å². The van der Waals surface area contributed by atoms with Gasteiger partial charge in [-0.05, 0) is 43.9 Å². The highest BCUT2D eigenvalue weighted by atomic mass is 14.9. The average molecular weight is 189 g/mol. The number of benzene rings is 1. The van der Waals surface area contributed by atoms with Crippen LogP contribution in [0.5, 0.6) is 0 Å². The molecule has 14 heavy (non-hydrogen) atoms. The van der Waals surface area contributed by atoms with Gasteiger partial charge in [0.15, 0.2) is 0 Å². The Morgan fingerprint density at radius 3 is 2.64 bits per heavy atom. The molecular weight excluding hydrogens is 170 g/mol. The van der Waals surface area contributed by atoms with Crippen molar-refractivity contribution in [2.75, 3.05) is 6.54 Å². The molecule has 1 aromatic carbocycles. The van der Waals surface area contributed by atoms with Gasteiger partial charge in [0, 0.05) is 6.04 Å². The summed E-state index contributed by atoms with van der Waals surface area (Å²) >= 11 is 0. The summed E-state index contributed by atoms with van der Waals surface area (Å²) in [4.78, 5) is 0. The Hall–Kier alpha value is -0.820. The van der Waals surface area contributed by atoms with Crippen LogP contribution in [0.25, 0.3) is 0 Å². The van der Waals surface area contributed by atoms with Crippen LogP contribution in [0.4, 0.5) is 0 Å². The zero-order valence-electron chi connectivity index (χ0n) is 9.30. The van der Waals surface area contributed by atoms with Gasteiger partial charge in [-0.2, -0.15) is 0 Å². The van der Waals surface area contributed by atoms with Crippen molar-refractivity contribution in [2.45, 2.75) is 33.2 Å². The normalized spacial score (nSPS) is 26.8. The Morgan fingerprint density at radius 2 is 2.07 bits per heavy atom. The second-order valence-electron chi connectivity index (χ2n) is 4.66. The van der Waals surface area contributed by atoms with Gasteiger partial charge in [0.25, 0.3) is 0 Å². The van der Waals surface area contributed by atoms with Crippen molar-refractivity contribution >= 4 is 0 Å². The van der Waals surface area contributed by atoms with Crippen molar-refractivity contribution in [2.24, 2.45) is 5.92 Å². The van der Waals surface area contributed by atoms with Crippen LogP contribution in [0.3, 0.4) is 0 Å². The van der Waals surface area contributed by atoms with Crippen molar-refractivity contribution in [1.82, 2.24) is 5.32 Å². The van der Waals surface area contributed by atoms with Gasteiger partial charge >= 0.3 is 0 Å². The minimum Gasteiger partial charge on any atom is -0.310 e. The smallest absolute Gasteiger partial charge is 0.0325 e. The molecule has 2 atom stereocenters. The van der Waals surface area contributed by atoms with Crippen LogP contribution >= 0.6 is 0 Å². The molecule has 0 unspecified atom stereocenters. The molecule has 0 aromatic heterocycles. The van der Waals surface area contributed by atoms with Crippen molar-refractivity contribution < 1.29 is 0 Å². The standard InChI is InChI=1S/C13H19N/c1-9-4-5-12(11(3)6-9)13-7-10(2)8-14-13/h4-6,10,13-14H,7-8H2,1-3H3/t10-,13-/m0/s1. The van der Waals surface area contributed by atoms with E-state index in [1.807, 2.05) is 0 Å². The van der Waals surface area contributed by atoms with Crippen LogP contribution in [0, 0.1) is 19.8 Å². The summed E-state index contributed by atoms with van der Waals surface area (Å²) in [5.41, 5.74) is 4.27. The summed E-state index contributed by atoms with van der Waals surface area (Å²) in [6.07, 6.45) is 1.28. The molecule has 1 aliphatic rings. The number of hydrogen-bond donors (Lipinski definition) is 1. The van der Waals surface area contributed by atoms with Crippen molar-refractivity contribution in [3.05, 3.63) is 34.9 Å². The van der Waals surface area contributed by atoms with Gasteiger partial charge in [-0.1, -0.05) is 30.7 Å². The molecule has 0 spiro atoms. The first kappa shape index (κ1) is 9.72. The van der Waals surface area contributed by atoms with Crippen LogP contribution in [-0.4, -0.2) is 6.54 Å². The minimum atomic E-state index is 0.589. The topological polar surface area (TPSA) is 12.0 Å². The van der Waals surface area contributed by atoms with Crippen molar-refractivity contribution in [3.63, 3.8) is 0 Å². The fraction of sp³-hybridized carbons (Fsp3) is 0.538. The van der Waals surface area contributed by atoms with Crippen molar-refractivity contribution in [3.8, 4) is 0 Å². The molecule has 1 N–H and O–H groups in total. The molecule has 0 aliphatic carbocycles. The maximum atomic E-state index is 3.58. The van der Waals surface area contributed by atoms with E-state index in [4.69, 9.17) is 0 Å². The Morgan fingerprint density at radius 1 is 1.29 bits per heavy atom. The molecule has 76 valence electrons. The fourth-order valence-corrected chi connectivity index (χ4v) is 2.37. The fourth-order valence-electron chi connectivity index (χ4n) is 2.37. The Balaban J connectivity index is 2.24. The van der Waals surface area contributed by atoms with E-state index in [9.17, 15) is 0 Å². The highest BCUT2D eigenvalue weighted by Gasteiger charge is 2.22. The lowest BCUT2D eigenvalue weighted by Gasteiger charge is -2.14. The third-order valence-electron chi connectivity index (χ3n) is 3.15. The largest absolute Gasteiger partial charge is 0.310 e. The molecular formula is C13H19N. The summed E-state index contributed by atoms with van der Waals surface area (Å²) in [6, 6.07) is 7.36. The molecule has 1 aliphatic heterocycles. The second-order valence-corrected chi connectivity index (χ2v) is 4.66. The third kappa shape index (κ3) is 1.83. The second kappa shape index (κ2) is 3.74. The molecule has 1 aromatic rings. The zero-order chi connectivity index (χ0) is 10.1. The predicted octanol–water partition coefficient (Wildman–Crippen LogP) is 2.97. The molecule has 0 amide bonds. The zero-order valence-corrected chi connectivity index (χ0v) is 9.30. The molecule has 0 radical (unpaired) electrons. The van der Waals surface area contributed by atoms with Crippen LogP contribution in [0.2, 0.25) is 0 Å². The molecule has 1 heteroatoms. The lowest BCUT2D eigenvalue weighted by molar-refractivity contribution is 0.609. The molecule has 1 heterocycles. The summed E-state index contributed by atoms with van der Waals surface area (Å²) < 4.78 is 0. The Kier molecular flexibility index (Phi) is 2.60. The maximum Gasteiger partial charge on any atom is 0.0325 e. The highest BCUT2D eigenvalue weighted by Crippen LogP contribution is 2.29. The minimum absolute atomic E-state index is 0.589. The maximum absolute atomic E-state index is 3.58. The van der Waals surface area contributed by atoms with Crippen LogP contribution in [-0.2, 0) is 0 Å². The first-order chi connectivity index (χ1) is 6.66. The van der Waals surface area contributed by atoms with E-state index in [2.05, 4.69) is 44.3 Å². The predicted molar refractivity (Wildman–Crippen MR) is 60.4 cm³/mol. The Labute approximate surface area is 86.5 Å². The monoisotopic (exact) mass is 189 g/mol. The van der Waals surface area contributed by atoms with Gasteiger partial charge in [-0.3, -0.25) is 0 Å². The van der Waals surface area contributed by atoms with E-state index in [0.717, 1.165) is 12.5 Å². The van der Waals surface area contributed by atoms with Gasteiger partial charge in [-0.15, -0.1) is 0 Å². The lowest BCUT2D eigenvalue weighted by atomic mass is 9.96. The number of rotatable bonds is 1. The van der Waals surface area contributed by atoms with E-state index in [0.29, 0.717) is 6.04 Å². The van der Waals surface area contributed by atoms with Gasteiger partial charge in [0.2, 0.25) is 0 Å². The summed E-state index contributed by atoms with van der Waals surface area (Å²) in [5, 5.41) is 3.58. The van der Waals surface area contributed by atoms with Gasteiger partial charge in [-0.25, -0.2) is 0 Å². The summed E-state index contributed by atoms with van der Waals surface area (Å²) in [7, 11) is 0. The number of nitrogens with one attached hydrogen (secondary N) is 1. The molecule has 2 rings (SSSR count). The van der Waals surface area contributed by atoms with E-state index in [-0.39, 0.29) is 0 Å². The van der Waals surface area contributed by atoms with Gasteiger partial charge in [0.1, 0.15) is 0 Å². The Bertz CT molecular complexity index is 330. The quantitative estimate of drug-likeness (QED) is 0.716. The lowest BCUT2D eigenvalue weighted by Crippen LogP contribution is -2.14. The molecule has 0 bridgehead atoms. The average Bonchev–Trinajstić information content (AvgIpc) is 2.51. The third-order valence-corrected chi connectivity index (χ3v) is 3.15. The van der Waals surface area contributed by atoms with Crippen molar-refractivity contribution in [1.29, 1.82) is 0 Å². The molecule has 0 saturated carbocycles. The van der Waals surface area contributed by atoms with Crippen LogP contribution in [0.1, 0.15) is 36.1 Å². The summed E-state index contributed by atoms with van der Waals surface area (Å²) in [5.74, 6) is 0.820. The summed E-state index contributed by atoms with van der Waals surface area (Å²) in [6.45, 7) is 7.85. The SMILES string of the molecule is Cc1ccc([C@@H]2C[C@H](C)CN2)c(C)c1.